The number of halogens is 2. The van der Waals surface area contributed by atoms with Gasteiger partial charge in [0.05, 0.1) is 7.11 Å². The summed E-state index contributed by atoms with van der Waals surface area (Å²) >= 11 is 3.45. The van der Waals surface area contributed by atoms with Crippen LogP contribution in [-0.4, -0.2) is 13.7 Å². The van der Waals surface area contributed by atoms with E-state index in [2.05, 4.69) is 15.9 Å². The van der Waals surface area contributed by atoms with Crippen LogP contribution in [-0.2, 0) is 13.0 Å². The molecule has 0 bridgehead atoms. The lowest BCUT2D eigenvalue weighted by Crippen LogP contribution is -2.07. The number of hydrogen-bond acceptors (Lipinski definition) is 3. The van der Waals surface area contributed by atoms with E-state index in [9.17, 15) is 4.39 Å². The number of rotatable bonds is 6. The second kappa shape index (κ2) is 7.43. The molecule has 0 heterocycles. The molecule has 0 saturated heterocycles. The first-order valence-electron chi connectivity index (χ1n) is 6.58. The van der Waals surface area contributed by atoms with Crippen LogP contribution in [0.4, 0.5) is 4.39 Å². The molecule has 5 heteroatoms. The Morgan fingerprint density at radius 2 is 2.00 bits per heavy atom. The van der Waals surface area contributed by atoms with Crippen molar-refractivity contribution in [3.05, 3.63) is 57.8 Å². The van der Waals surface area contributed by atoms with Crippen molar-refractivity contribution >= 4 is 15.9 Å². The van der Waals surface area contributed by atoms with Crippen molar-refractivity contribution in [2.75, 3.05) is 13.7 Å². The molecule has 0 spiro atoms. The Morgan fingerprint density at radius 3 is 2.71 bits per heavy atom. The van der Waals surface area contributed by atoms with E-state index in [-0.39, 0.29) is 18.2 Å². The Labute approximate surface area is 132 Å². The summed E-state index contributed by atoms with van der Waals surface area (Å²) in [4.78, 5) is 0. The van der Waals surface area contributed by atoms with Crippen molar-refractivity contribution in [2.45, 2.75) is 13.0 Å². The molecule has 2 rings (SSSR count). The minimum atomic E-state index is -0.375. The molecule has 0 aliphatic carbocycles. The summed E-state index contributed by atoms with van der Waals surface area (Å²) < 4.78 is 25.7. The van der Waals surface area contributed by atoms with Crippen molar-refractivity contribution in [3.63, 3.8) is 0 Å². The van der Waals surface area contributed by atoms with Gasteiger partial charge in [0.15, 0.2) is 11.6 Å². The number of para-hydroxylation sites is 1. The predicted molar refractivity (Wildman–Crippen MR) is 84.2 cm³/mol. The summed E-state index contributed by atoms with van der Waals surface area (Å²) in [6.45, 7) is 0.693. The Balaban J connectivity index is 2.20. The first-order chi connectivity index (χ1) is 10.2. The summed E-state index contributed by atoms with van der Waals surface area (Å²) in [6.07, 6.45) is 0.576. The third-order valence-corrected chi connectivity index (χ3v) is 3.86. The zero-order chi connectivity index (χ0) is 15.2. The highest BCUT2D eigenvalue weighted by atomic mass is 79.9. The average Bonchev–Trinajstić information content (AvgIpc) is 2.48. The zero-order valence-electron chi connectivity index (χ0n) is 11.7. The minimum Gasteiger partial charge on any atom is -0.497 e. The SMILES string of the molecule is COc1ccc(Br)c(COc2c(F)cccc2CCN)c1. The van der Waals surface area contributed by atoms with Gasteiger partial charge in [0.2, 0.25) is 0 Å². The number of nitrogens with two attached hydrogens (primary N) is 1. The standard InChI is InChI=1S/C16H17BrFNO2/c1-20-13-5-6-14(17)12(9-13)10-21-16-11(7-8-19)3-2-4-15(16)18/h2-6,9H,7-8,10,19H2,1H3. The van der Waals surface area contributed by atoms with Gasteiger partial charge in [-0.3, -0.25) is 0 Å². The molecular formula is C16H17BrFNO2. The van der Waals surface area contributed by atoms with Crippen molar-refractivity contribution in [2.24, 2.45) is 5.73 Å². The lowest BCUT2D eigenvalue weighted by Gasteiger charge is -2.13. The molecule has 3 nitrogen and oxygen atoms in total. The monoisotopic (exact) mass is 353 g/mol. The van der Waals surface area contributed by atoms with Gasteiger partial charge in [0.1, 0.15) is 12.4 Å². The van der Waals surface area contributed by atoms with Crippen molar-refractivity contribution in [3.8, 4) is 11.5 Å². The summed E-state index contributed by atoms with van der Waals surface area (Å²) in [5.41, 5.74) is 7.21. The molecule has 2 N–H and O–H groups in total. The van der Waals surface area contributed by atoms with Gasteiger partial charge in [0.25, 0.3) is 0 Å². The van der Waals surface area contributed by atoms with E-state index in [4.69, 9.17) is 15.2 Å². The third kappa shape index (κ3) is 3.95. The van der Waals surface area contributed by atoms with Crippen LogP contribution in [0.3, 0.4) is 0 Å². The molecule has 0 unspecified atom stereocenters. The lowest BCUT2D eigenvalue weighted by molar-refractivity contribution is 0.285. The summed E-state index contributed by atoms with van der Waals surface area (Å²) in [5, 5.41) is 0. The van der Waals surface area contributed by atoms with Crippen molar-refractivity contribution in [1.29, 1.82) is 0 Å². The summed E-state index contributed by atoms with van der Waals surface area (Å²) in [6, 6.07) is 10.4. The molecular weight excluding hydrogens is 337 g/mol. The van der Waals surface area contributed by atoms with E-state index in [0.29, 0.717) is 13.0 Å². The zero-order valence-corrected chi connectivity index (χ0v) is 13.3. The van der Waals surface area contributed by atoms with Crippen molar-refractivity contribution in [1.82, 2.24) is 0 Å². The highest BCUT2D eigenvalue weighted by Gasteiger charge is 2.11. The molecule has 0 aliphatic rings. The maximum Gasteiger partial charge on any atom is 0.165 e. The van der Waals surface area contributed by atoms with E-state index in [0.717, 1.165) is 21.3 Å². The molecule has 2 aromatic carbocycles. The van der Waals surface area contributed by atoms with E-state index in [1.807, 2.05) is 24.3 Å². The first kappa shape index (κ1) is 15.8. The van der Waals surface area contributed by atoms with Crippen LogP contribution in [0.1, 0.15) is 11.1 Å². The Bertz CT molecular complexity index is 619. The van der Waals surface area contributed by atoms with Gasteiger partial charge >= 0.3 is 0 Å². The molecule has 0 fully saturated rings. The van der Waals surface area contributed by atoms with Crippen LogP contribution in [0.5, 0.6) is 11.5 Å². The van der Waals surface area contributed by atoms with Crippen LogP contribution in [0.2, 0.25) is 0 Å². The third-order valence-electron chi connectivity index (χ3n) is 3.09. The first-order valence-corrected chi connectivity index (χ1v) is 7.37. The van der Waals surface area contributed by atoms with E-state index < -0.39 is 0 Å². The fourth-order valence-electron chi connectivity index (χ4n) is 2.01. The molecule has 2 aromatic rings. The molecule has 0 saturated carbocycles. The highest BCUT2D eigenvalue weighted by Crippen LogP contribution is 2.27. The number of methoxy groups -OCH3 is 1. The van der Waals surface area contributed by atoms with Crippen LogP contribution < -0.4 is 15.2 Å². The van der Waals surface area contributed by atoms with Gasteiger partial charge in [0, 0.05) is 10.0 Å². The summed E-state index contributed by atoms with van der Waals surface area (Å²) in [5.74, 6) is 0.616. The fourth-order valence-corrected chi connectivity index (χ4v) is 2.37. The van der Waals surface area contributed by atoms with Crippen LogP contribution in [0, 0.1) is 5.82 Å². The number of ether oxygens (including phenoxy) is 2. The van der Waals surface area contributed by atoms with Gasteiger partial charge in [-0.05, 0) is 42.8 Å². The summed E-state index contributed by atoms with van der Waals surface area (Å²) in [7, 11) is 1.60. The van der Waals surface area contributed by atoms with E-state index in [1.54, 1.807) is 13.2 Å². The molecule has 112 valence electrons. The normalized spacial score (nSPS) is 10.5. The second-order valence-electron chi connectivity index (χ2n) is 4.51. The minimum absolute atomic E-state index is 0.246. The van der Waals surface area contributed by atoms with Crippen LogP contribution in [0.15, 0.2) is 40.9 Å². The van der Waals surface area contributed by atoms with E-state index >= 15 is 0 Å². The molecule has 0 aromatic heterocycles. The average molecular weight is 354 g/mol. The van der Waals surface area contributed by atoms with Gasteiger partial charge in [-0.15, -0.1) is 0 Å². The Hall–Kier alpha value is -1.59. The largest absolute Gasteiger partial charge is 0.497 e. The second-order valence-corrected chi connectivity index (χ2v) is 5.37. The van der Waals surface area contributed by atoms with Crippen LogP contribution in [0.25, 0.3) is 0 Å². The molecule has 0 atom stereocenters. The maximum atomic E-state index is 13.9. The lowest BCUT2D eigenvalue weighted by atomic mass is 10.1. The quantitative estimate of drug-likeness (QED) is 0.861. The van der Waals surface area contributed by atoms with Crippen LogP contribution >= 0.6 is 15.9 Å². The molecule has 0 radical (unpaired) electrons. The van der Waals surface area contributed by atoms with E-state index in [1.165, 1.54) is 6.07 Å². The van der Waals surface area contributed by atoms with Gasteiger partial charge in [-0.2, -0.15) is 0 Å². The highest BCUT2D eigenvalue weighted by molar-refractivity contribution is 9.10. The van der Waals surface area contributed by atoms with Gasteiger partial charge < -0.3 is 15.2 Å². The molecule has 21 heavy (non-hydrogen) atoms. The number of benzene rings is 2. The van der Waals surface area contributed by atoms with Crippen molar-refractivity contribution < 1.29 is 13.9 Å². The smallest absolute Gasteiger partial charge is 0.165 e. The Morgan fingerprint density at radius 1 is 1.19 bits per heavy atom. The van der Waals surface area contributed by atoms with Gasteiger partial charge in [-0.1, -0.05) is 28.1 Å². The fraction of sp³-hybridized carbons (Fsp3) is 0.250. The number of hydrogen-bond donors (Lipinski definition) is 1. The predicted octanol–water partition coefficient (Wildman–Crippen LogP) is 3.68. The Kier molecular flexibility index (Phi) is 5.59. The molecule has 0 aliphatic heterocycles. The molecule has 0 amide bonds. The topological polar surface area (TPSA) is 44.5 Å². The van der Waals surface area contributed by atoms with Gasteiger partial charge in [-0.25, -0.2) is 4.39 Å². The maximum absolute atomic E-state index is 13.9.